The van der Waals surface area contributed by atoms with Gasteiger partial charge in [-0.05, 0) is 42.2 Å². The van der Waals surface area contributed by atoms with Crippen LogP contribution in [0.1, 0.15) is 18.1 Å². The zero-order valence-corrected chi connectivity index (χ0v) is 13.7. The lowest BCUT2D eigenvalue weighted by Crippen LogP contribution is -2.36. The summed E-state index contributed by atoms with van der Waals surface area (Å²) in [6, 6.07) is 14.8. The lowest BCUT2D eigenvalue weighted by Gasteiger charge is -2.10. The molecule has 2 rings (SSSR count). The van der Waals surface area contributed by atoms with Gasteiger partial charge in [0.2, 0.25) is 0 Å². The quantitative estimate of drug-likeness (QED) is 0.827. The largest absolute Gasteiger partial charge is 0.347 e. The van der Waals surface area contributed by atoms with E-state index in [9.17, 15) is 9.59 Å². The summed E-state index contributed by atoms with van der Waals surface area (Å²) in [6.45, 7) is 2.39. The van der Waals surface area contributed by atoms with Crippen LogP contribution in [0.25, 0.3) is 0 Å². The SMILES string of the molecule is CCc1ccccc1NC(=O)C(=O)NCCc1ccc(Cl)cc1. The van der Waals surface area contributed by atoms with Crippen molar-refractivity contribution in [3.05, 3.63) is 64.7 Å². The van der Waals surface area contributed by atoms with E-state index >= 15 is 0 Å². The van der Waals surface area contributed by atoms with Crippen LogP contribution in [0.2, 0.25) is 5.02 Å². The van der Waals surface area contributed by atoms with Crippen molar-refractivity contribution in [1.82, 2.24) is 5.32 Å². The summed E-state index contributed by atoms with van der Waals surface area (Å²) >= 11 is 5.82. The van der Waals surface area contributed by atoms with Crippen molar-refractivity contribution in [3.63, 3.8) is 0 Å². The Morgan fingerprint density at radius 1 is 1.00 bits per heavy atom. The molecule has 0 aliphatic rings. The summed E-state index contributed by atoms with van der Waals surface area (Å²) < 4.78 is 0. The summed E-state index contributed by atoms with van der Waals surface area (Å²) in [6.07, 6.45) is 1.43. The molecule has 0 heterocycles. The number of para-hydroxylation sites is 1. The van der Waals surface area contributed by atoms with E-state index < -0.39 is 11.8 Å². The molecular formula is C18H19ClN2O2. The fourth-order valence-electron chi connectivity index (χ4n) is 2.18. The van der Waals surface area contributed by atoms with E-state index in [2.05, 4.69) is 10.6 Å². The van der Waals surface area contributed by atoms with Crippen molar-refractivity contribution in [3.8, 4) is 0 Å². The third-order valence-electron chi connectivity index (χ3n) is 3.47. The van der Waals surface area contributed by atoms with Gasteiger partial charge in [0.1, 0.15) is 0 Å². The summed E-state index contributed by atoms with van der Waals surface area (Å²) in [4.78, 5) is 23.8. The Balaban J connectivity index is 1.83. The first kappa shape index (κ1) is 17.0. The molecule has 2 N–H and O–H groups in total. The van der Waals surface area contributed by atoms with E-state index in [1.807, 2.05) is 37.3 Å². The average Bonchev–Trinajstić information content (AvgIpc) is 2.57. The molecule has 0 bridgehead atoms. The van der Waals surface area contributed by atoms with Gasteiger partial charge < -0.3 is 10.6 Å². The minimum atomic E-state index is -0.651. The first-order valence-corrected chi connectivity index (χ1v) is 7.89. The van der Waals surface area contributed by atoms with Crippen molar-refractivity contribution in [1.29, 1.82) is 0 Å². The van der Waals surface area contributed by atoms with Crippen molar-refractivity contribution < 1.29 is 9.59 Å². The van der Waals surface area contributed by atoms with Crippen LogP contribution in [-0.4, -0.2) is 18.4 Å². The number of amides is 2. The van der Waals surface area contributed by atoms with Crippen LogP contribution >= 0.6 is 11.6 Å². The summed E-state index contributed by atoms with van der Waals surface area (Å²) in [7, 11) is 0. The number of rotatable bonds is 5. The van der Waals surface area contributed by atoms with Gasteiger partial charge in [-0.3, -0.25) is 9.59 Å². The van der Waals surface area contributed by atoms with E-state index in [-0.39, 0.29) is 0 Å². The van der Waals surface area contributed by atoms with Gasteiger partial charge in [0.05, 0.1) is 0 Å². The highest BCUT2D eigenvalue weighted by Gasteiger charge is 2.14. The van der Waals surface area contributed by atoms with Crippen molar-refractivity contribution in [2.45, 2.75) is 19.8 Å². The Kier molecular flexibility index (Phi) is 6.18. The van der Waals surface area contributed by atoms with E-state index in [4.69, 9.17) is 11.6 Å². The molecule has 0 unspecified atom stereocenters. The Morgan fingerprint density at radius 2 is 1.70 bits per heavy atom. The third kappa shape index (κ3) is 5.11. The predicted molar refractivity (Wildman–Crippen MR) is 92.6 cm³/mol. The van der Waals surface area contributed by atoms with Gasteiger partial charge >= 0.3 is 11.8 Å². The molecule has 0 aliphatic heterocycles. The standard InChI is InChI=1S/C18H19ClN2O2/c1-2-14-5-3-4-6-16(14)21-18(23)17(22)20-12-11-13-7-9-15(19)10-8-13/h3-10H,2,11-12H2,1H3,(H,20,22)(H,21,23). The van der Waals surface area contributed by atoms with E-state index in [0.29, 0.717) is 23.7 Å². The molecule has 0 saturated carbocycles. The van der Waals surface area contributed by atoms with Gasteiger partial charge in [-0.1, -0.05) is 48.9 Å². The zero-order valence-electron chi connectivity index (χ0n) is 12.9. The zero-order chi connectivity index (χ0) is 16.7. The molecule has 120 valence electrons. The average molecular weight is 331 g/mol. The van der Waals surface area contributed by atoms with Crippen LogP contribution in [0.4, 0.5) is 5.69 Å². The highest BCUT2D eigenvalue weighted by atomic mass is 35.5. The van der Waals surface area contributed by atoms with Gasteiger partial charge in [-0.2, -0.15) is 0 Å². The maximum atomic E-state index is 11.9. The minimum absolute atomic E-state index is 0.392. The number of anilines is 1. The molecule has 5 heteroatoms. The van der Waals surface area contributed by atoms with Crippen LogP contribution in [0.3, 0.4) is 0 Å². The number of hydrogen-bond donors (Lipinski definition) is 2. The van der Waals surface area contributed by atoms with Gasteiger partial charge in [-0.25, -0.2) is 0 Å². The van der Waals surface area contributed by atoms with Gasteiger partial charge in [0.25, 0.3) is 0 Å². The topological polar surface area (TPSA) is 58.2 Å². The molecule has 0 aliphatic carbocycles. The van der Waals surface area contributed by atoms with Gasteiger partial charge in [0, 0.05) is 17.3 Å². The van der Waals surface area contributed by atoms with Crippen LogP contribution in [0.5, 0.6) is 0 Å². The maximum absolute atomic E-state index is 11.9. The van der Waals surface area contributed by atoms with Crippen molar-refractivity contribution >= 4 is 29.1 Å². The van der Waals surface area contributed by atoms with E-state index in [1.54, 1.807) is 18.2 Å². The third-order valence-corrected chi connectivity index (χ3v) is 3.72. The fraction of sp³-hybridized carbons (Fsp3) is 0.222. The molecule has 2 aromatic carbocycles. The predicted octanol–water partition coefficient (Wildman–Crippen LogP) is 3.20. The van der Waals surface area contributed by atoms with Crippen molar-refractivity contribution in [2.24, 2.45) is 0 Å². The fourth-order valence-corrected chi connectivity index (χ4v) is 2.31. The number of carbonyl (C=O) groups excluding carboxylic acids is 2. The summed E-state index contributed by atoms with van der Waals surface area (Å²) in [5.41, 5.74) is 2.72. The van der Waals surface area contributed by atoms with Crippen LogP contribution in [0, 0.1) is 0 Å². The lowest BCUT2D eigenvalue weighted by atomic mass is 10.1. The molecule has 2 aromatic rings. The maximum Gasteiger partial charge on any atom is 0.313 e. The highest BCUT2D eigenvalue weighted by Crippen LogP contribution is 2.15. The second-order valence-corrected chi connectivity index (χ2v) is 5.53. The summed E-state index contributed by atoms with van der Waals surface area (Å²) in [5.74, 6) is -1.29. The summed E-state index contributed by atoms with van der Waals surface area (Å²) in [5, 5.41) is 5.94. The molecule has 0 radical (unpaired) electrons. The van der Waals surface area contributed by atoms with E-state index in [0.717, 1.165) is 17.5 Å². The molecular weight excluding hydrogens is 312 g/mol. The lowest BCUT2D eigenvalue weighted by molar-refractivity contribution is -0.136. The Bertz CT molecular complexity index is 684. The smallest absolute Gasteiger partial charge is 0.313 e. The number of carbonyl (C=O) groups is 2. The number of nitrogens with one attached hydrogen (secondary N) is 2. The second kappa shape index (κ2) is 8.34. The molecule has 23 heavy (non-hydrogen) atoms. The molecule has 0 atom stereocenters. The number of aryl methyl sites for hydroxylation is 1. The molecule has 2 amide bonds. The molecule has 0 spiro atoms. The second-order valence-electron chi connectivity index (χ2n) is 5.10. The van der Waals surface area contributed by atoms with Crippen molar-refractivity contribution in [2.75, 3.05) is 11.9 Å². The molecule has 4 nitrogen and oxygen atoms in total. The number of halogens is 1. The first-order chi connectivity index (χ1) is 11.1. The molecule has 0 aromatic heterocycles. The van der Waals surface area contributed by atoms with Crippen LogP contribution in [0.15, 0.2) is 48.5 Å². The normalized spacial score (nSPS) is 10.2. The number of hydrogen-bond acceptors (Lipinski definition) is 2. The molecule has 0 fully saturated rings. The minimum Gasteiger partial charge on any atom is -0.347 e. The monoisotopic (exact) mass is 330 g/mol. The Labute approximate surface area is 140 Å². The van der Waals surface area contributed by atoms with Gasteiger partial charge in [0.15, 0.2) is 0 Å². The first-order valence-electron chi connectivity index (χ1n) is 7.51. The van der Waals surface area contributed by atoms with Crippen LogP contribution < -0.4 is 10.6 Å². The van der Waals surface area contributed by atoms with Crippen LogP contribution in [-0.2, 0) is 22.4 Å². The molecule has 0 saturated heterocycles. The van der Waals surface area contributed by atoms with Gasteiger partial charge in [-0.15, -0.1) is 0 Å². The highest BCUT2D eigenvalue weighted by molar-refractivity contribution is 6.39. The Morgan fingerprint density at radius 3 is 2.39 bits per heavy atom. The van der Waals surface area contributed by atoms with E-state index in [1.165, 1.54) is 0 Å². The number of benzene rings is 2. The Hall–Kier alpha value is -2.33.